The average Bonchev–Trinajstić information content (AvgIpc) is 2.87. The van der Waals surface area contributed by atoms with E-state index in [1.807, 2.05) is 104 Å². The summed E-state index contributed by atoms with van der Waals surface area (Å²) in [5, 5.41) is 17.1. The SMILES string of the molecule is C=C(C)C(=O)OCCN(C)c1ccc(/N=N/c2ccc(/N=N/c3ccc(N(C)C)cc3)cc2)cc1. The number of rotatable bonds is 10. The Balaban J connectivity index is 1.52. The Bertz CT molecular complexity index is 1180. The first-order chi connectivity index (χ1) is 16.8. The van der Waals surface area contributed by atoms with E-state index in [2.05, 4.69) is 27.0 Å². The van der Waals surface area contributed by atoms with Gasteiger partial charge < -0.3 is 14.5 Å². The summed E-state index contributed by atoms with van der Waals surface area (Å²) < 4.78 is 5.14. The predicted molar refractivity (Wildman–Crippen MR) is 141 cm³/mol. The summed E-state index contributed by atoms with van der Waals surface area (Å²) in [6, 6.07) is 22.9. The quantitative estimate of drug-likeness (QED) is 0.179. The molecule has 0 aromatic heterocycles. The van der Waals surface area contributed by atoms with E-state index in [0.29, 0.717) is 18.7 Å². The van der Waals surface area contributed by atoms with E-state index < -0.39 is 0 Å². The van der Waals surface area contributed by atoms with Gasteiger partial charge in [0.2, 0.25) is 0 Å². The van der Waals surface area contributed by atoms with Gasteiger partial charge in [0.1, 0.15) is 6.61 Å². The maximum atomic E-state index is 11.5. The average molecular weight is 471 g/mol. The molecule has 0 heterocycles. The zero-order valence-corrected chi connectivity index (χ0v) is 20.5. The van der Waals surface area contributed by atoms with Gasteiger partial charge in [-0.05, 0) is 79.7 Å². The molecule has 0 aliphatic heterocycles. The second-order valence-corrected chi connectivity index (χ2v) is 8.18. The van der Waals surface area contributed by atoms with Crippen molar-refractivity contribution >= 4 is 40.1 Å². The number of hydrogen-bond donors (Lipinski definition) is 0. The molecular formula is C27H30N6O2. The Morgan fingerprint density at radius 1 is 0.714 bits per heavy atom. The van der Waals surface area contributed by atoms with Gasteiger partial charge in [0.25, 0.3) is 0 Å². The van der Waals surface area contributed by atoms with Crippen LogP contribution >= 0.6 is 0 Å². The van der Waals surface area contributed by atoms with Crippen LogP contribution in [0.15, 0.2) is 105 Å². The maximum absolute atomic E-state index is 11.5. The van der Waals surface area contributed by atoms with Crippen LogP contribution in [0.5, 0.6) is 0 Å². The summed E-state index contributed by atoms with van der Waals surface area (Å²) in [5.41, 5.74) is 5.49. The Labute approximate surface area is 206 Å². The summed E-state index contributed by atoms with van der Waals surface area (Å²) in [5.74, 6) is -0.375. The second kappa shape index (κ2) is 12.2. The molecule has 0 unspecified atom stereocenters. The van der Waals surface area contributed by atoms with Crippen molar-refractivity contribution in [3.05, 3.63) is 84.9 Å². The predicted octanol–water partition coefficient (Wildman–Crippen LogP) is 7.14. The zero-order valence-electron chi connectivity index (χ0n) is 20.5. The molecule has 0 aliphatic carbocycles. The van der Waals surface area contributed by atoms with Gasteiger partial charge in [-0.25, -0.2) is 4.79 Å². The van der Waals surface area contributed by atoms with Crippen LogP contribution in [0.25, 0.3) is 0 Å². The molecule has 0 N–H and O–H groups in total. The van der Waals surface area contributed by atoms with Gasteiger partial charge >= 0.3 is 5.97 Å². The number of ether oxygens (including phenoxy) is 1. The lowest BCUT2D eigenvalue weighted by Gasteiger charge is -2.19. The van der Waals surface area contributed by atoms with E-state index in [1.54, 1.807) is 6.92 Å². The number of azo groups is 2. The van der Waals surface area contributed by atoms with Gasteiger partial charge in [-0.15, -0.1) is 0 Å². The second-order valence-electron chi connectivity index (χ2n) is 8.18. The summed E-state index contributed by atoms with van der Waals surface area (Å²) in [6.45, 7) is 6.07. The van der Waals surface area contributed by atoms with Crippen LogP contribution in [-0.2, 0) is 9.53 Å². The molecule has 3 aromatic carbocycles. The lowest BCUT2D eigenvalue weighted by Crippen LogP contribution is -2.23. The zero-order chi connectivity index (χ0) is 25.2. The molecule has 0 radical (unpaired) electrons. The Hall–Kier alpha value is -4.33. The molecule has 8 nitrogen and oxygen atoms in total. The van der Waals surface area contributed by atoms with E-state index in [9.17, 15) is 4.79 Å². The molecule has 180 valence electrons. The summed E-state index contributed by atoms with van der Waals surface area (Å²) >= 11 is 0. The van der Waals surface area contributed by atoms with E-state index in [1.165, 1.54) is 0 Å². The third-order valence-corrected chi connectivity index (χ3v) is 5.08. The third-order valence-electron chi connectivity index (χ3n) is 5.08. The van der Waals surface area contributed by atoms with Gasteiger partial charge in [-0.2, -0.15) is 20.5 Å². The van der Waals surface area contributed by atoms with Crippen molar-refractivity contribution in [1.29, 1.82) is 0 Å². The first kappa shape index (κ1) is 25.3. The number of nitrogens with zero attached hydrogens (tertiary/aromatic N) is 6. The van der Waals surface area contributed by atoms with Gasteiger partial charge in [-0.1, -0.05) is 6.58 Å². The Kier molecular flexibility index (Phi) is 8.83. The smallest absolute Gasteiger partial charge is 0.333 e. The number of carbonyl (C=O) groups excluding carboxylic acids is 1. The van der Waals surface area contributed by atoms with Gasteiger partial charge in [0.15, 0.2) is 0 Å². The van der Waals surface area contributed by atoms with Crippen LogP contribution in [-0.4, -0.2) is 40.3 Å². The van der Waals surface area contributed by atoms with Gasteiger partial charge in [0.05, 0.1) is 29.3 Å². The lowest BCUT2D eigenvalue weighted by molar-refractivity contribution is -0.138. The molecule has 0 fully saturated rings. The molecule has 35 heavy (non-hydrogen) atoms. The highest BCUT2D eigenvalue weighted by Gasteiger charge is 2.05. The van der Waals surface area contributed by atoms with Crippen LogP contribution in [0.3, 0.4) is 0 Å². The highest BCUT2D eigenvalue weighted by atomic mass is 16.5. The summed E-state index contributed by atoms with van der Waals surface area (Å²) in [4.78, 5) is 15.5. The molecule has 8 heteroatoms. The van der Waals surface area contributed by atoms with Crippen molar-refractivity contribution in [2.24, 2.45) is 20.5 Å². The molecule has 0 saturated heterocycles. The lowest BCUT2D eigenvalue weighted by atomic mass is 10.2. The Morgan fingerprint density at radius 2 is 1.09 bits per heavy atom. The minimum absolute atomic E-state index is 0.294. The van der Waals surface area contributed by atoms with E-state index >= 15 is 0 Å². The van der Waals surface area contributed by atoms with E-state index in [0.717, 1.165) is 34.1 Å². The molecular weight excluding hydrogens is 440 g/mol. The molecule has 0 atom stereocenters. The van der Waals surface area contributed by atoms with Crippen LogP contribution < -0.4 is 9.80 Å². The topological polar surface area (TPSA) is 82.2 Å². The fourth-order valence-corrected chi connectivity index (χ4v) is 2.94. The van der Waals surface area contributed by atoms with E-state index in [4.69, 9.17) is 4.74 Å². The van der Waals surface area contributed by atoms with Crippen LogP contribution in [0.1, 0.15) is 6.92 Å². The van der Waals surface area contributed by atoms with Crippen molar-refractivity contribution in [2.75, 3.05) is 44.1 Å². The Morgan fingerprint density at radius 3 is 1.46 bits per heavy atom. The van der Waals surface area contributed by atoms with Crippen molar-refractivity contribution in [3.8, 4) is 0 Å². The molecule has 3 aromatic rings. The first-order valence-electron chi connectivity index (χ1n) is 11.2. The largest absolute Gasteiger partial charge is 0.460 e. The number of likely N-dealkylation sites (N-methyl/N-ethyl adjacent to an activating group) is 1. The first-order valence-corrected chi connectivity index (χ1v) is 11.2. The van der Waals surface area contributed by atoms with Crippen molar-refractivity contribution in [3.63, 3.8) is 0 Å². The van der Waals surface area contributed by atoms with Crippen LogP contribution in [0.4, 0.5) is 34.1 Å². The number of benzene rings is 3. The molecule has 0 aliphatic rings. The number of carbonyl (C=O) groups is 1. The van der Waals surface area contributed by atoms with Crippen molar-refractivity contribution in [2.45, 2.75) is 6.92 Å². The van der Waals surface area contributed by atoms with Crippen LogP contribution in [0.2, 0.25) is 0 Å². The number of anilines is 2. The minimum atomic E-state index is -0.375. The van der Waals surface area contributed by atoms with Crippen molar-refractivity contribution < 1.29 is 9.53 Å². The summed E-state index contributed by atoms with van der Waals surface area (Å²) in [6.07, 6.45) is 0. The minimum Gasteiger partial charge on any atom is -0.460 e. The summed E-state index contributed by atoms with van der Waals surface area (Å²) in [7, 11) is 5.93. The fourth-order valence-electron chi connectivity index (χ4n) is 2.94. The monoisotopic (exact) mass is 470 g/mol. The number of hydrogen-bond acceptors (Lipinski definition) is 8. The highest BCUT2D eigenvalue weighted by molar-refractivity contribution is 5.86. The van der Waals surface area contributed by atoms with E-state index in [-0.39, 0.29) is 5.97 Å². The molecule has 0 bridgehead atoms. The standard InChI is InChI=1S/C27H30N6O2/c1-20(2)27(34)35-19-18-33(5)26-16-12-24(13-17-26)31-29-22-8-6-21(7-9-22)28-30-23-10-14-25(15-11-23)32(3)4/h6-17H,1,18-19H2,2-5H3/b30-28+,31-29+. The number of esters is 1. The molecule has 0 amide bonds. The van der Waals surface area contributed by atoms with Crippen LogP contribution in [0, 0.1) is 0 Å². The van der Waals surface area contributed by atoms with Crippen molar-refractivity contribution in [1.82, 2.24) is 0 Å². The highest BCUT2D eigenvalue weighted by Crippen LogP contribution is 2.25. The molecule has 0 spiro atoms. The van der Waals surface area contributed by atoms with Gasteiger partial charge in [0, 0.05) is 38.1 Å². The maximum Gasteiger partial charge on any atom is 0.333 e. The fraction of sp³-hybridized carbons (Fsp3) is 0.222. The molecule has 0 saturated carbocycles. The molecule has 3 rings (SSSR count). The third kappa shape index (κ3) is 7.89. The van der Waals surface area contributed by atoms with Gasteiger partial charge in [-0.3, -0.25) is 0 Å². The normalized spacial score (nSPS) is 11.1.